The van der Waals surface area contributed by atoms with Gasteiger partial charge in [-0.05, 0) is 49.9 Å². The highest BCUT2D eigenvalue weighted by Gasteiger charge is 2.28. The molecule has 0 saturated heterocycles. The maximum Gasteiger partial charge on any atom is 0.240 e. The highest BCUT2D eigenvalue weighted by atomic mass is 32.2. The van der Waals surface area contributed by atoms with Gasteiger partial charge in [0.1, 0.15) is 0 Å². The summed E-state index contributed by atoms with van der Waals surface area (Å²) >= 11 is 0. The number of benzene rings is 1. The summed E-state index contributed by atoms with van der Waals surface area (Å²) in [5.41, 5.74) is 6.63. The van der Waals surface area contributed by atoms with Gasteiger partial charge in [0.25, 0.3) is 0 Å². The third kappa shape index (κ3) is 3.96. The fraction of sp³-hybridized carbons (Fsp3) is 0.600. The van der Waals surface area contributed by atoms with Crippen LogP contribution in [0.4, 0.5) is 5.69 Å². The first kappa shape index (κ1) is 16.3. The molecule has 0 radical (unpaired) electrons. The molecule has 0 amide bonds. The van der Waals surface area contributed by atoms with E-state index in [1.54, 1.807) is 24.3 Å². The summed E-state index contributed by atoms with van der Waals surface area (Å²) < 4.78 is 26.9. The van der Waals surface area contributed by atoms with Crippen molar-refractivity contribution in [2.45, 2.75) is 56.0 Å². The highest BCUT2D eigenvalue weighted by molar-refractivity contribution is 7.89. The Morgan fingerprint density at radius 3 is 2.19 bits per heavy atom. The fourth-order valence-electron chi connectivity index (χ4n) is 2.28. The smallest absolute Gasteiger partial charge is 0.240 e. The van der Waals surface area contributed by atoms with Gasteiger partial charge in [0.2, 0.25) is 10.0 Å². The van der Waals surface area contributed by atoms with Crippen molar-refractivity contribution >= 4 is 15.7 Å². The summed E-state index contributed by atoms with van der Waals surface area (Å²) in [7, 11) is -3.38. The monoisotopic (exact) mass is 311 g/mol. The molecule has 21 heavy (non-hydrogen) atoms. The number of sulfonamides is 1. The van der Waals surface area contributed by atoms with Crippen LogP contribution in [0.5, 0.6) is 0 Å². The van der Waals surface area contributed by atoms with E-state index < -0.39 is 10.0 Å². The van der Waals surface area contributed by atoms with E-state index in [9.17, 15) is 8.42 Å². The van der Waals surface area contributed by atoms with Crippen molar-refractivity contribution in [3.63, 3.8) is 0 Å². The Morgan fingerprint density at radius 2 is 1.76 bits per heavy atom. The van der Waals surface area contributed by atoms with E-state index in [4.69, 9.17) is 5.73 Å². The van der Waals surface area contributed by atoms with Gasteiger partial charge in [-0.3, -0.25) is 0 Å². The normalized spacial score (nSPS) is 16.0. The number of anilines is 1. The molecule has 0 heterocycles. The van der Waals surface area contributed by atoms with Crippen molar-refractivity contribution in [3.05, 3.63) is 24.3 Å². The van der Waals surface area contributed by atoms with E-state index in [1.165, 1.54) is 0 Å². The van der Waals surface area contributed by atoms with Crippen LogP contribution >= 0.6 is 0 Å². The lowest BCUT2D eigenvalue weighted by molar-refractivity contribution is 0.445. The van der Waals surface area contributed by atoms with Crippen LogP contribution in [0, 0.1) is 0 Å². The summed E-state index contributed by atoms with van der Waals surface area (Å²) in [6, 6.07) is 7.01. The van der Waals surface area contributed by atoms with Gasteiger partial charge in [0, 0.05) is 23.8 Å². The average molecular weight is 311 g/mol. The Hall–Kier alpha value is -1.11. The van der Waals surface area contributed by atoms with Gasteiger partial charge in [-0.25, -0.2) is 13.1 Å². The van der Waals surface area contributed by atoms with Crippen LogP contribution in [0.15, 0.2) is 29.2 Å². The molecule has 2 rings (SSSR count). The molecule has 0 bridgehead atoms. The van der Waals surface area contributed by atoms with Crippen molar-refractivity contribution in [2.75, 3.05) is 11.9 Å². The molecule has 118 valence electrons. The number of hydrogen-bond donors (Lipinski definition) is 3. The molecule has 5 nitrogen and oxygen atoms in total. The topological polar surface area (TPSA) is 84.2 Å². The zero-order valence-corrected chi connectivity index (χ0v) is 13.5. The minimum atomic E-state index is -3.38. The van der Waals surface area contributed by atoms with Gasteiger partial charge in [0.15, 0.2) is 0 Å². The maximum atomic E-state index is 12.1. The minimum absolute atomic E-state index is 0.123. The molecule has 1 aromatic carbocycles. The zero-order valence-electron chi connectivity index (χ0n) is 12.7. The van der Waals surface area contributed by atoms with E-state index in [2.05, 4.69) is 23.9 Å². The molecule has 0 unspecified atom stereocenters. The maximum absolute atomic E-state index is 12.1. The molecular formula is C15H25N3O2S. The first-order valence-corrected chi connectivity index (χ1v) is 9.03. The summed E-state index contributed by atoms with van der Waals surface area (Å²) in [5, 5.41) is 3.43. The lowest BCUT2D eigenvalue weighted by atomic mass is 9.92. The Bertz CT molecular complexity index is 553. The third-order valence-corrected chi connectivity index (χ3v) is 5.75. The quantitative estimate of drug-likeness (QED) is 0.686. The number of rotatable bonds is 8. The molecular weight excluding hydrogens is 286 g/mol. The van der Waals surface area contributed by atoms with E-state index in [0.717, 1.165) is 31.4 Å². The van der Waals surface area contributed by atoms with Crippen LogP contribution in [0.1, 0.15) is 39.5 Å². The second-order valence-electron chi connectivity index (χ2n) is 5.74. The van der Waals surface area contributed by atoms with Crippen molar-refractivity contribution in [3.8, 4) is 0 Å². The lowest BCUT2D eigenvalue weighted by Crippen LogP contribution is -2.44. The summed E-state index contributed by atoms with van der Waals surface area (Å²) in [5.74, 6) is 0. The highest BCUT2D eigenvalue weighted by Crippen LogP contribution is 2.25. The van der Waals surface area contributed by atoms with Crippen LogP contribution in [0.25, 0.3) is 0 Å². The summed E-state index contributed by atoms with van der Waals surface area (Å²) in [4.78, 5) is 0.311. The largest absolute Gasteiger partial charge is 0.378 e. The standard InChI is InChI=1S/C15H25N3O2S/c1-3-15(4-2,11-16)17-12-7-9-14(10-8-12)21(19,20)18-13-5-6-13/h7-10,13,17-18H,3-6,11,16H2,1-2H3. The minimum Gasteiger partial charge on any atom is -0.378 e. The number of hydrogen-bond acceptors (Lipinski definition) is 4. The molecule has 1 aliphatic rings. The summed E-state index contributed by atoms with van der Waals surface area (Å²) in [6.07, 6.45) is 3.71. The lowest BCUT2D eigenvalue weighted by Gasteiger charge is -2.32. The van der Waals surface area contributed by atoms with Gasteiger partial charge in [0.05, 0.1) is 4.90 Å². The van der Waals surface area contributed by atoms with Crippen LogP contribution in [0.3, 0.4) is 0 Å². The third-order valence-electron chi connectivity index (χ3n) is 4.22. The number of nitrogens with one attached hydrogen (secondary N) is 2. The van der Waals surface area contributed by atoms with Gasteiger partial charge < -0.3 is 11.1 Å². The predicted molar refractivity (Wildman–Crippen MR) is 85.8 cm³/mol. The molecule has 0 aliphatic heterocycles. The molecule has 6 heteroatoms. The summed E-state index contributed by atoms with van der Waals surface area (Å²) in [6.45, 7) is 4.74. The second-order valence-corrected chi connectivity index (χ2v) is 7.45. The molecule has 1 aliphatic carbocycles. The molecule has 0 spiro atoms. The van der Waals surface area contributed by atoms with Gasteiger partial charge in [-0.15, -0.1) is 0 Å². The Balaban J connectivity index is 2.11. The van der Waals surface area contributed by atoms with Crippen LogP contribution in [0.2, 0.25) is 0 Å². The van der Waals surface area contributed by atoms with Gasteiger partial charge in [-0.1, -0.05) is 13.8 Å². The number of nitrogens with two attached hydrogens (primary N) is 1. The molecule has 1 fully saturated rings. The fourth-order valence-corrected chi connectivity index (χ4v) is 3.58. The molecule has 4 N–H and O–H groups in total. The van der Waals surface area contributed by atoms with Crippen LogP contribution in [-0.4, -0.2) is 26.5 Å². The van der Waals surface area contributed by atoms with Crippen LogP contribution < -0.4 is 15.8 Å². The van der Waals surface area contributed by atoms with E-state index in [-0.39, 0.29) is 11.6 Å². The first-order chi connectivity index (χ1) is 9.94. The van der Waals surface area contributed by atoms with Crippen molar-refractivity contribution in [1.82, 2.24) is 4.72 Å². The molecule has 1 aromatic rings. The van der Waals surface area contributed by atoms with Crippen molar-refractivity contribution in [2.24, 2.45) is 5.73 Å². The SMILES string of the molecule is CCC(CC)(CN)Nc1ccc(S(=O)(=O)NC2CC2)cc1. The Kier molecular flexibility index (Phi) is 4.91. The van der Waals surface area contributed by atoms with E-state index in [0.29, 0.717) is 11.4 Å². The van der Waals surface area contributed by atoms with Gasteiger partial charge in [-0.2, -0.15) is 0 Å². The predicted octanol–water partition coefficient (Wildman–Crippen LogP) is 2.06. The first-order valence-electron chi connectivity index (χ1n) is 7.55. The van der Waals surface area contributed by atoms with Crippen LogP contribution in [-0.2, 0) is 10.0 Å². The Labute approximate surface area is 127 Å². The van der Waals surface area contributed by atoms with E-state index in [1.807, 2.05) is 0 Å². The van der Waals surface area contributed by atoms with Crippen molar-refractivity contribution in [1.29, 1.82) is 0 Å². The van der Waals surface area contributed by atoms with E-state index >= 15 is 0 Å². The second kappa shape index (κ2) is 6.34. The zero-order chi connectivity index (χ0) is 15.5. The average Bonchev–Trinajstić information content (AvgIpc) is 3.29. The Morgan fingerprint density at radius 1 is 1.19 bits per heavy atom. The molecule has 0 atom stereocenters. The van der Waals surface area contributed by atoms with Gasteiger partial charge >= 0.3 is 0 Å². The molecule has 0 aromatic heterocycles. The molecule has 1 saturated carbocycles. The van der Waals surface area contributed by atoms with Crippen molar-refractivity contribution < 1.29 is 8.42 Å².